The molecule has 2 heterocycles. The highest BCUT2D eigenvalue weighted by Gasteiger charge is 2.08. The summed E-state index contributed by atoms with van der Waals surface area (Å²) in [5, 5.41) is 3.48. The van der Waals surface area contributed by atoms with E-state index in [-0.39, 0.29) is 0 Å². The number of nitrogens with zero attached hydrogens (tertiary/aromatic N) is 2. The highest BCUT2D eigenvalue weighted by molar-refractivity contribution is 5.51. The van der Waals surface area contributed by atoms with E-state index in [1.54, 1.807) is 12.5 Å². The zero-order valence-electron chi connectivity index (χ0n) is 12.5. The lowest BCUT2D eigenvalue weighted by molar-refractivity contribution is 0.551. The van der Waals surface area contributed by atoms with Crippen LogP contribution in [-0.4, -0.2) is 18.6 Å². The Morgan fingerprint density at radius 1 is 1.35 bits per heavy atom. The van der Waals surface area contributed by atoms with Crippen LogP contribution in [0, 0.1) is 5.92 Å². The van der Waals surface area contributed by atoms with Crippen LogP contribution in [0.5, 0.6) is 0 Å². The quantitative estimate of drug-likeness (QED) is 0.842. The Balaban J connectivity index is 2.02. The summed E-state index contributed by atoms with van der Waals surface area (Å²) in [6.45, 7) is 7.13. The van der Waals surface area contributed by atoms with Crippen LogP contribution in [0.3, 0.4) is 0 Å². The van der Waals surface area contributed by atoms with E-state index in [0.717, 1.165) is 30.9 Å². The van der Waals surface area contributed by atoms with Crippen molar-refractivity contribution in [2.75, 3.05) is 18.5 Å². The molecular formula is C16H23N3O. The third-order valence-electron chi connectivity index (χ3n) is 3.17. The molecule has 1 N–H and O–H groups in total. The van der Waals surface area contributed by atoms with Crippen LogP contribution in [0.4, 0.5) is 5.69 Å². The Kier molecular flexibility index (Phi) is 5.18. The van der Waals surface area contributed by atoms with Crippen LogP contribution in [0.25, 0.3) is 0 Å². The predicted octanol–water partition coefficient (Wildman–Crippen LogP) is 3.06. The first kappa shape index (κ1) is 14.6. The molecule has 4 nitrogen and oxygen atoms in total. The summed E-state index contributed by atoms with van der Waals surface area (Å²) in [4.78, 5) is 6.44. The third kappa shape index (κ3) is 4.10. The van der Waals surface area contributed by atoms with E-state index in [0.29, 0.717) is 5.92 Å². The second-order valence-corrected chi connectivity index (χ2v) is 5.52. The summed E-state index contributed by atoms with van der Waals surface area (Å²) < 4.78 is 5.12. The molecule has 20 heavy (non-hydrogen) atoms. The molecular weight excluding hydrogens is 250 g/mol. The van der Waals surface area contributed by atoms with Crippen molar-refractivity contribution in [2.45, 2.75) is 26.9 Å². The molecule has 0 aliphatic carbocycles. The van der Waals surface area contributed by atoms with Gasteiger partial charge in [-0.25, -0.2) is 0 Å². The largest absolute Gasteiger partial charge is 0.472 e. The third-order valence-corrected chi connectivity index (χ3v) is 3.17. The van der Waals surface area contributed by atoms with Gasteiger partial charge in [0.05, 0.1) is 24.4 Å². The average Bonchev–Trinajstić information content (AvgIpc) is 2.91. The van der Waals surface area contributed by atoms with E-state index in [1.807, 2.05) is 18.5 Å². The van der Waals surface area contributed by atoms with Crippen molar-refractivity contribution >= 4 is 5.69 Å². The molecule has 0 amide bonds. The summed E-state index contributed by atoms with van der Waals surface area (Å²) >= 11 is 0. The Morgan fingerprint density at radius 3 is 2.90 bits per heavy atom. The van der Waals surface area contributed by atoms with Gasteiger partial charge in [-0.3, -0.25) is 4.98 Å². The molecule has 2 rings (SSSR count). The van der Waals surface area contributed by atoms with Gasteiger partial charge in [0.1, 0.15) is 0 Å². The van der Waals surface area contributed by atoms with Gasteiger partial charge in [0.2, 0.25) is 0 Å². The zero-order valence-corrected chi connectivity index (χ0v) is 12.5. The predicted molar refractivity (Wildman–Crippen MR) is 81.6 cm³/mol. The summed E-state index contributed by atoms with van der Waals surface area (Å²) in [5.41, 5.74) is 3.59. The van der Waals surface area contributed by atoms with Gasteiger partial charge in [-0.05, 0) is 30.2 Å². The van der Waals surface area contributed by atoms with Gasteiger partial charge in [-0.1, -0.05) is 13.8 Å². The number of furan rings is 1. The van der Waals surface area contributed by atoms with Crippen molar-refractivity contribution in [2.24, 2.45) is 5.92 Å². The summed E-state index contributed by atoms with van der Waals surface area (Å²) in [6, 6.07) is 4.07. The number of nitrogens with one attached hydrogen (secondary N) is 1. The molecule has 0 bridgehead atoms. The molecule has 0 atom stereocenters. The van der Waals surface area contributed by atoms with Gasteiger partial charge in [-0.15, -0.1) is 0 Å². The summed E-state index contributed by atoms with van der Waals surface area (Å²) in [6.07, 6.45) is 7.26. The van der Waals surface area contributed by atoms with Gasteiger partial charge in [0.15, 0.2) is 0 Å². The molecule has 4 heteroatoms. The SMILES string of the molecule is CC(C)CNCc1ccncc1N(C)Cc1ccoc1. The molecule has 0 unspecified atom stereocenters. The Bertz CT molecular complexity index is 508. The van der Waals surface area contributed by atoms with Crippen molar-refractivity contribution in [3.8, 4) is 0 Å². The molecule has 0 aromatic carbocycles. The number of rotatable bonds is 7. The fraction of sp³-hybridized carbons (Fsp3) is 0.438. The van der Waals surface area contributed by atoms with E-state index < -0.39 is 0 Å². The van der Waals surface area contributed by atoms with Gasteiger partial charge >= 0.3 is 0 Å². The minimum atomic E-state index is 0.656. The van der Waals surface area contributed by atoms with Gasteiger partial charge < -0.3 is 14.6 Å². The first-order valence-corrected chi connectivity index (χ1v) is 7.02. The lowest BCUT2D eigenvalue weighted by Gasteiger charge is -2.21. The van der Waals surface area contributed by atoms with Crippen molar-refractivity contribution in [1.82, 2.24) is 10.3 Å². The number of hydrogen-bond donors (Lipinski definition) is 1. The molecule has 0 fully saturated rings. The summed E-state index contributed by atoms with van der Waals surface area (Å²) in [5.74, 6) is 0.656. The van der Waals surface area contributed by atoms with Crippen molar-refractivity contribution in [1.29, 1.82) is 0 Å². The van der Waals surface area contributed by atoms with Crippen molar-refractivity contribution < 1.29 is 4.42 Å². The first-order valence-electron chi connectivity index (χ1n) is 7.02. The van der Waals surface area contributed by atoms with E-state index in [1.165, 1.54) is 5.56 Å². The Morgan fingerprint density at radius 2 is 2.20 bits per heavy atom. The Labute approximate surface area is 120 Å². The van der Waals surface area contributed by atoms with Crippen LogP contribution in [0.2, 0.25) is 0 Å². The molecule has 2 aromatic rings. The van der Waals surface area contributed by atoms with Crippen LogP contribution < -0.4 is 10.2 Å². The maximum atomic E-state index is 5.12. The van der Waals surface area contributed by atoms with Gasteiger partial charge in [0, 0.05) is 31.9 Å². The summed E-state index contributed by atoms with van der Waals surface area (Å²) in [7, 11) is 2.08. The molecule has 0 spiro atoms. The monoisotopic (exact) mass is 273 g/mol. The maximum absolute atomic E-state index is 5.12. The molecule has 0 saturated heterocycles. The molecule has 2 aromatic heterocycles. The first-order chi connectivity index (χ1) is 9.66. The number of anilines is 1. The van der Waals surface area contributed by atoms with Crippen LogP contribution in [0.15, 0.2) is 41.5 Å². The molecule has 0 saturated carbocycles. The maximum Gasteiger partial charge on any atom is 0.0952 e. The minimum absolute atomic E-state index is 0.656. The van der Waals surface area contributed by atoms with Crippen LogP contribution in [0.1, 0.15) is 25.0 Å². The van der Waals surface area contributed by atoms with Crippen molar-refractivity contribution in [3.05, 3.63) is 48.2 Å². The standard InChI is InChI=1S/C16H23N3O/c1-13(2)8-18-9-15-4-6-17-10-16(15)19(3)11-14-5-7-20-12-14/h4-7,10,12-13,18H,8-9,11H2,1-3H3. The van der Waals surface area contributed by atoms with E-state index >= 15 is 0 Å². The lowest BCUT2D eigenvalue weighted by Crippen LogP contribution is -2.23. The second kappa shape index (κ2) is 7.10. The number of pyridine rings is 1. The van der Waals surface area contributed by atoms with Crippen molar-refractivity contribution in [3.63, 3.8) is 0 Å². The second-order valence-electron chi connectivity index (χ2n) is 5.52. The van der Waals surface area contributed by atoms with Crippen LogP contribution >= 0.6 is 0 Å². The molecule has 108 valence electrons. The molecule has 0 aliphatic heterocycles. The van der Waals surface area contributed by atoms with Gasteiger partial charge in [0.25, 0.3) is 0 Å². The number of aromatic nitrogens is 1. The normalized spacial score (nSPS) is 11.0. The van der Waals surface area contributed by atoms with Gasteiger partial charge in [-0.2, -0.15) is 0 Å². The molecule has 0 aliphatic rings. The average molecular weight is 273 g/mol. The van der Waals surface area contributed by atoms with E-state index in [4.69, 9.17) is 4.42 Å². The fourth-order valence-corrected chi connectivity index (χ4v) is 2.15. The van der Waals surface area contributed by atoms with E-state index in [2.05, 4.69) is 42.2 Å². The fourth-order valence-electron chi connectivity index (χ4n) is 2.15. The van der Waals surface area contributed by atoms with E-state index in [9.17, 15) is 0 Å². The Hall–Kier alpha value is -1.81. The smallest absolute Gasteiger partial charge is 0.0952 e. The minimum Gasteiger partial charge on any atom is -0.472 e. The zero-order chi connectivity index (χ0) is 14.4. The number of hydrogen-bond acceptors (Lipinski definition) is 4. The topological polar surface area (TPSA) is 41.3 Å². The molecule has 0 radical (unpaired) electrons. The highest BCUT2D eigenvalue weighted by atomic mass is 16.3. The van der Waals surface area contributed by atoms with Crippen LogP contribution in [-0.2, 0) is 13.1 Å². The highest BCUT2D eigenvalue weighted by Crippen LogP contribution is 2.20. The lowest BCUT2D eigenvalue weighted by atomic mass is 10.1.